The van der Waals surface area contributed by atoms with Crippen LogP contribution in [-0.4, -0.2) is 97.0 Å². The third-order valence-electron chi connectivity index (χ3n) is 12.8. The number of nitrogens with one attached hydrogen (secondary N) is 1. The Labute approximate surface area is 373 Å². The molecule has 0 aromatic rings. The Morgan fingerprint density at radius 3 is 1.23 bits per heavy atom. The van der Waals surface area contributed by atoms with Crippen molar-refractivity contribution in [2.24, 2.45) is 0 Å². The minimum absolute atomic E-state index is 0.116. The molecule has 0 aromatic heterocycles. The molecule has 1 aliphatic heterocycles. The zero-order valence-electron chi connectivity index (χ0n) is 39.1. The molecule has 0 saturated carbocycles. The fraction of sp³-hybridized carbons (Fsp3) is 0.980. The van der Waals surface area contributed by atoms with E-state index in [1.54, 1.807) is 0 Å². The largest absolute Gasteiger partial charge is 0.394 e. The Morgan fingerprint density at radius 1 is 0.517 bits per heavy atom. The number of amides is 1. The molecule has 1 aliphatic rings. The smallest absolute Gasteiger partial charge is 0.220 e. The summed E-state index contributed by atoms with van der Waals surface area (Å²) in [7, 11) is 0. The van der Waals surface area contributed by atoms with Crippen molar-refractivity contribution in [3.05, 3.63) is 0 Å². The third-order valence-corrected chi connectivity index (χ3v) is 14.1. The second kappa shape index (κ2) is 41.3. The minimum atomic E-state index is -1.50. The lowest BCUT2D eigenvalue weighted by Crippen LogP contribution is -2.58. The third kappa shape index (κ3) is 30.6. The molecule has 8 atom stereocenters. The molecule has 60 heavy (non-hydrogen) atoms. The van der Waals surface area contributed by atoms with Crippen LogP contribution in [0, 0.1) is 0 Å². The van der Waals surface area contributed by atoms with E-state index in [9.17, 15) is 35.4 Å². The first-order valence-electron chi connectivity index (χ1n) is 25.8. The number of thioether (sulfide) groups is 1. The van der Waals surface area contributed by atoms with E-state index in [0.717, 1.165) is 50.3 Å². The molecule has 0 radical (unpaired) electrons. The van der Waals surface area contributed by atoms with Crippen molar-refractivity contribution in [3.63, 3.8) is 0 Å². The summed E-state index contributed by atoms with van der Waals surface area (Å²) < 4.78 is 5.65. The second-order valence-corrected chi connectivity index (χ2v) is 19.6. The summed E-state index contributed by atoms with van der Waals surface area (Å²) in [5, 5.41) is 65.7. The van der Waals surface area contributed by atoms with Crippen molar-refractivity contribution in [3.8, 4) is 0 Å². The monoisotopic (exact) mass is 874 g/mol. The summed E-state index contributed by atoms with van der Waals surface area (Å²) >= 11 is 1.09. The predicted molar refractivity (Wildman–Crippen MR) is 252 cm³/mol. The van der Waals surface area contributed by atoms with Crippen molar-refractivity contribution in [2.75, 3.05) is 12.4 Å². The lowest BCUT2D eigenvalue weighted by Gasteiger charge is -2.40. The van der Waals surface area contributed by atoms with E-state index < -0.39 is 54.7 Å². The Bertz CT molecular complexity index is 931. The molecule has 9 nitrogen and oxygen atoms in total. The lowest BCUT2D eigenvalue weighted by molar-refractivity contribution is -0.205. The maximum atomic E-state index is 13.1. The number of rotatable bonds is 44. The van der Waals surface area contributed by atoms with Crippen LogP contribution in [0.2, 0.25) is 0 Å². The molecule has 1 fully saturated rings. The Balaban J connectivity index is 2.26. The van der Waals surface area contributed by atoms with Gasteiger partial charge in [0.1, 0.15) is 36.0 Å². The standard InChI is InChI=1S/C50H99NO8S/c1-3-5-7-9-11-13-15-17-18-19-20-21-22-23-24-25-26-27-29-31-33-35-37-39-45(54)51-42(41-60-50-49(58)48(57)47(56)44(40-52)59-50)46(55)43(53)38-36-34-32-30-28-16-14-12-10-8-6-4-2/h42-44,46-50,52-53,55-58H,3-41H2,1-2H3,(H,51,54)/t42-,43+,44?,46-,47?,48?,49?,50?/m0/s1. The van der Waals surface area contributed by atoms with Gasteiger partial charge in [-0.3, -0.25) is 4.79 Å². The number of ether oxygens (including phenoxy) is 1. The van der Waals surface area contributed by atoms with Crippen LogP contribution in [0.3, 0.4) is 0 Å². The minimum Gasteiger partial charge on any atom is -0.394 e. The molecule has 1 amide bonds. The van der Waals surface area contributed by atoms with Crippen LogP contribution in [0.4, 0.5) is 0 Å². The normalized spacial score (nSPS) is 21.0. The highest BCUT2D eigenvalue weighted by Gasteiger charge is 2.44. The molecule has 0 aliphatic carbocycles. The average molecular weight is 874 g/mol. The SMILES string of the molecule is CCCCCCCCCCCCCCCCCCCCCCCCCC(=O)N[C@@H](CSC1OC(CO)C(O)C(O)C1O)[C@H](O)[C@H](O)CCCCCCCCCCCCCC. The maximum absolute atomic E-state index is 13.1. The maximum Gasteiger partial charge on any atom is 0.220 e. The number of aliphatic hydroxyl groups excluding tert-OH is 6. The first-order valence-corrected chi connectivity index (χ1v) is 26.9. The molecule has 0 spiro atoms. The van der Waals surface area contributed by atoms with Gasteiger partial charge in [-0.25, -0.2) is 0 Å². The summed E-state index contributed by atoms with van der Waals surface area (Å²) in [6.45, 7) is 4.00. The fourth-order valence-electron chi connectivity index (χ4n) is 8.61. The number of carbonyl (C=O) groups excluding carboxylic acids is 1. The van der Waals surface area contributed by atoms with Gasteiger partial charge in [0.2, 0.25) is 5.91 Å². The number of aliphatic hydroxyl groups is 6. The van der Waals surface area contributed by atoms with Crippen LogP contribution in [0.25, 0.3) is 0 Å². The van der Waals surface area contributed by atoms with Gasteiger partial charge in [-0.1, -0.05) is 232 Å². The molecule has 1 heterocycles. The van der Waals surface area contributed by atoms with E-state index in [2.05, 4.69) is 19.2 Å². The van der Waals surface area contributed by atoms with Gasteiger partial charge in [-0.15, -0.1) is 11.8 Å². The number of carbonyl (C=O) groups is 1. The van der Waals surface area contributed by atoms with Crippen molar-refractivity contribution in [1.82, 2.24) is 5.32 Å². The molecule has 5 unspecified atom stereocenters. The van der Waals surface area contributed by atoms with E-state index in [4.69, 9.17) is 4.74 Å². The zero-order valence-corrected chi connectivity index (χ0v) is 39.9. The topological polar surface area (TPSA) is 160 Å². The molecule has 0 bridgehead atoms. The molecule has 358 valence electrons. The summed E-state index contributed by atoms with van der Waals surface area (Å²) in [5.74, 6) is -0.0701. The highest BCUT2D eigenvalue weighted by Crippen LogP contribution is 2.30. The van der Waals surface area contributed by atoms with Crippen molar-refractivity contribution < 1.29 is 40.2 Å². The Kier molecular flexibility index (Phi) is 39.6. The van der Waals surface area contributed by atoms with Gasteiger partial charge in [0.25, 0.3) is 0 Å². The quantitative estimate of drug-likeness (QED) is 0.0296. The number of hydrogen-bond acceptors (Lipinski definition) is 9. The molecule has 0 aromatic carbocycles. The lowest BCUT2D eigenvalue weighted by atomic mass is 9.99. The Morgan fingerprint density at radius 2 is 0.867 bits per heavy atom. The van der Waals surface area contributed by atoms with E-state index in [1.165, 1.54) is 186 Å². The predicted octanol–water partition coefficient (Wildman–Crippen LogP) is 11.2. The molecule has 1 rings (SSSR count). The summed E-state index contributed by atoms with van der Waals surface area (Å²) in [4.78, 5) is 13.1. The van der Waals surface area contributed by atoms with Crippen LogP contribution >= 0.6 is 11.8 Å². The van der Waals surface area contributed by atoms with E-state index >= 15 is 0 Å². The highest BCUT2D eigenvalue weighted by atomic mass is 32.2. The van der Waals surface area contributed by atoms with Crippen LogP contribution < -0.4 is 5.32 Å². The summed E-state index contributed by atoms with van der Waals surface area (Å²) in [5.41, 5.74) is -0.982. The summed E-state index contributed by atoms with van der Waals surface area (Å²) in [6.07, 6.45) is 38.0. The first-order chi connectivity index (χ1) is 29.3. The Hall–Kier alpha value is -0.460. The average Bonchev–Trinajstić information content (AvgIpc) is 3.25. The van der Waals surface area contributed by atoms with E-state index in [-0.39, 0.29) is 11.7 Å². The van der Waals surface area contributed by atoms with Gasteiger partial charge in [-0.05, 0) is 12.8 Å². The van der Waals surface area contributed by atoms with E-state index in [0.29, 0.717) is 12.8 Å². The van der Waals surface area contributed by atoms with Gasteiger partial charge in [-0.2, -0.15) is 0 Å². The van der Waals surface area contributed by atoms with Gasteiger partial charge >= 0.3 is 0 Å². The van der Waals surface area contributed by atoms with Crippen molar-refractivity contribution >= 4 is 17.7 Å². The molecule has 10 heteroatoms. The number of hydrogen-bond donors (Lipinski definition) is 7. The molecule has 1 saturated heterocycles. The van der Waals surface area contributed by atoms with Crippen LogP contribution in [0.15, 0.2) is 0 Å². The highest BCUT2D eigenvalue weighted by molar-refractivity contribution is 7.99. The van der Waals surface area contributed by atoms with Gasteiger partial charge in [0.15, 0.2) is 0 Å². The fourth-order valence-corrected chi connectivity index (χ4v) is 9.87. The first kappa shape index (κ1) is 57.6. The molecule has 7 N–H and O–H groups in total. The molecular weight excluding hydrogens is 775 g/mol. The van der Waals surface area contributed by atoms with Crippen LogP contribution in [-0.2, 0) is 9.53 Å². The summed E-state index contributed by atoms with van der Waals surface area (Å²) in [6, 6.07) is -0.799. The van der Waals surface area contributed by atoms with Crippen LogP contribution in [0.1, 0.15) is 251 Å². The zero-order chi connectivity index (χ0) is 43.9. The number of unbranched alkanes of at least 4 members (excludes halogenated alkanes) is 33. The second-order valence-electron chi connectivity index (χ2n) is 18.5. The van der Waals surface area contributed by atoms with Gasteiger partial charge < -0.3 is 40.7 Å². The van der Waals surface area contributed by atoms with Gasteiger partial charge in [0, 0.05) is 12.2 Å². The van der Waals surface area contributed by atoms with Crippen molar-refractivity contribution in [1.29, 1.82) is 0 Å². The van der Waals surface area contributed by atoms with Gasteiger partial charge in [0.05, 0.1) is 18.8 Å². The van der Waals surface area contributed by atoms with E-state index in [1.807, 2.05) is 0 Å². The van der Waals surface area contributed by atoms with Crippen LogP contribution in [0.5, 0.6) is 0 Å². The van der Waals surface area contributed by atoms with Crippen molar-refractivity contribution in [2.45, 2.75) is 300 Å². The molecular formula is C50H99NO8S.